The Morgan fingerprint density at radius 1 is 1.38 bits per heavy atom. The van der Waals surface area contributed by atoms with Crippen LogP contribution in [0.5, 0.6) is 0 Å². The van der Waals surface area contributed by atoms with Gasteiger partial charge in [-0.25, -0.2) is 0 Å². The summed E-state index contributed by atoms with van der Waals surface area (Å²) in [6.45, 7) is 4.42. The fourth-order valence-electron chi connectivity index (χ4n) is 1.13. The summed E-state index contributed by atoms with van der Waals surface area (Å²) in [7, 11) is 0. The molecule has 0 heterocycles. The quantitative estimate of drug-likeness (QED) is 0.430. The van der Waals surface area contributed by atoms with E-state index in [9.17, 15) is 0 Å². The summed E-state index contributed by atoms with van der Waals surface area (Å²) in [4.78, 5) is 0. The molecule has 0 bridgehead atoms. The van der Waals surface area contributed by atoms with Crippen LogP contribution in [-0.2, 0) is 0 Å². The van der Waals surface area contributed by atoms with E-state index in [4.69, 9.17) is 18.0 Å². The summed E-state index contributed by atoms with van der Waals surface area (Å²) >= 11 is 6.52. The molecule has 1 atom stereocenters. The van der Waals surface area contributed by atoms with Gasteiger partial charge in [-0.1, -0.05) is 57.1 Å². The van der Waals surface area contributed by atoms with Crippen LogP contribution in [0, 0.1) is 0 Å². The fraction of sp³-hybridized carbons (Fsp3) is 0.889. The van der Waals surface area contributed by atoms with E-state index < -0.39 is 0 Å². The predicted octanol–water partition coefficient (Wildman–Crippen LogP) is 2.94. The fourth-order valence-corrected chi connectivity index (χ4v) is 2.32. The van der Waals surface area contributed by atoms with Gasteiger partial charge >= 0.3 is 0 Å². The third kappa shape index (κ3) is 11.2. The van der Waals surface area contributed by atoms with Gasteiger partial charge in [-0.15, -0.1) is 0 Å². The molecule has 1 nitrogen and oxygen atoms in total. The molecule has 0 spiro atoms. The summed E-state index contributed by atoms with van der Waals surface area (Å²) in [5, 5.41) is 0.647. The topological polar surface area (TPSA) is 26.0 Å². The standard InChI is InChI=1S/C9H19NS2.Na/c1-3-5-6-7-8(4-2)12-9(10)11;/h8H,3-7H2,1-2H3,(H2,10,11);. The number of thiocarbonyl (C=S) groups is 1. The first-order valence-electron chi connectivity index (χ1n) is 4.66. The first-order valence-corrected chi connectivity index (χ1v) is 5.95. The number of nitrogens with two attached hydrogens (primary N) is 1. The van der Waals surface area contributed by atoms with Crippen molar-refractivity contribution in [3.8, 4) is 0 Å². The molecule has 0 aromatic rings. The van der Waals surface area contributed by atoms with Gasteiger partial charge in [-0.05, 0) is 12.8 Å². The van der Waals surface area contributed by atoms with Crippen LogP contribution in [0.3, 0.4) is 0 Å². The van der Waals surface area contributed by atoms with E-state index in [1.54, 1.807) is 11.8 Å². The second-order valence-electron chi connectivity index (χ2n) is 2.96. The Kier molecular flexibility index (Phi) is 14.5. The molecular weight excluding hydrogens is 209 g/mol. The van der Waals surface area contributed by atoms with Crippen LogP contribution >= 0.6 is 24.0 Å². The normalized spacial score (nSPS) is 11.8. The molecule has 2 N–H and O–H groups in total. The molecule has 0 aromatic heterocycles. The van der Waals surface area contributed by atoms with Gasteiger partial charge in [-0.3, -0.25) is 0 Å². The Morgan fingerprint density at radius 2 is 2.00 bits per heavy atom. The Balaban J connectivity index is 0. The van der Waals surface area contributed by atoms with E-state index >= 15 is 0 Å². The monoisotopic (exact) mass is 228 g/mol. The predicted molar refractivity (Wildman–Crippen MR) is 68.4 cm³/mol. The third-order valence-corrected chi connectivity index (χ3v) is 3.29. The number of rotatable bonds is 6. The van der Waals surface area contributed by atoms with E-state index in [-0.39, 0.29) is 29.6 Å². The largest absolute Gasteiger partial charge is 0.385 e. The van der Waals surface area contributed by atoms with Gasteiger partial charge < -0.3 is 5.73 Å². The molecule has 0 amide bonds. The van der Waals surface area contributed by atoms with E-state index in [1.807, 2.05) is 0 Å². The first-order chi connectivity index (χ1) is 5.70. The van der Waals surface area contributed by atoms with Crippen molar-refractivity contribution in [1.29, 1.82) is 0 Å². The van der Waals surface area contributed by atoms with Crippen molar-refractivity contribution in [2.75, 3.05) is 0 Å². The Bertz CT molecular complexity index is 131. The maximum absolute atomic E-state index is 5.47. The molecule has 0 saturated carbocycles. The Morgan fingerprint density at radius 3 is 2.38 bits per heavy atom. The maximum Gasteiger partial charge on any atom is 0.131 e. The molecule has 0 saturated heterocycles. The maximum atomic E-state index is 5.47. The number of thioether (sulfide) groups is 1. The van der Waals surface area contributed by atoms with Crippen LogP contribution in [0.15, 0.2) is 0 Å². The minimum absolute atomic E-state index is 0. The minimum Gasteiger partial charge on any atom is -0.385 e. The zero-order valence-corrected chi connectivity index (χ0v) is 12.6. The van der Waals surface area contributed by atoms with Crippen LogP contribution < -0.4 is 5.73 Å². The van der Waals surface area contributed by atoms with Gasteiger partial charge in [0, 0.05) is 34.8 Å². The summed E-state index contributed by atoms with van der Waals surface area (Å²) in [6, 6.07) is 0. The van der Waals surface area contributed by atoms with Crippen molar-refractivity contribution in [3.63, 3.8) is 0 Å². The molecule has 4 heteroatoms. The van der Waals surface area contributed by atoms with Gasteiger partial charge in [0.25, 0.3) is 0 Å². The van der Waals surface area contributed by atoms with Gasteiger partial charge in [0.2, 0.25) is 0 Å². The van der Waals surface area contributed by atoms with Crippen molar-refractivity contribution in [2.45, 2.75) is 51.2 Å². The summed E-state index contributed by atoms with van der Waals surface area (Å²) in [6.07, 6.45) is 6.35. The van der Waals surface area contributed by atoms with Crippen LogP contribution in [0.25, 0.3) is 0 Å². The first kappa shape index (κ1) is 16.7. The smallest absolute Gasteiger partial charge is 0.131 e. The van der Waals surface area contributed by atoms with Crippen molar-refractivity contribution < 1.29 is 0 Å². The molecule has 1 radical (unpaired) electrons. The van der Waals surface area contributed by atoms with Crippen molar-refractivity contribution in [1.82, 2.24) is 0 Å². The van der Waals surface area contributed by atoms with Crippen molar-refractivity contribution >= 4 is 57.9 Å². The second-order valence-corrected chi connectivity index (χ2v) is 5.00. The number of unbranched alkanes of at least 4 members (excludes halogenated alkanes) is 2. The van der Waals surface area contributed by atoms with Gasteiger partial charge in [0.05, 0.1) is 0 Å². The molecule has 0 rings (SSSR count). The van der Waals surface area contributed by atoms with Gasteiger partial charge in [0.1, 0.15) is 4.32 Å². The Labute approximate surface area is 114 Å². The number of hydrogen-bond donors (Lipinski definition) is 1. The molecular formula is C9H19NNaS2. The molecule has 1 unspecified atom stereocenters. The van der Waals surface area contributed by atoms with Gasteiger partial charge in [0.15, 0.2) is 0 Å². The molecule has 0 fully saturated rings. The molecule has 0 aliphatic carbocycles. The minimum atomic E-state index is 0. The van der Waals surface area contributed by atoms with Crippen LogP contribution in [0.4, 0.5) is 0 Å². The molecule has 0 aliphatic heterocycles. The van der Waals surface area contributed by atoms with Crippen LogP contribution in [0.1, 0.15) is 46.0 Å². The average Bonchev–Trinajstić information content (AvgIpc) is 2.02. The van der Waals surface area contributed by atoms with E-state index in [1.165, 1.54) is 32.1 Å². The van der Waals surface area contributed by atoms with Crippen LogP contribution in [0.2, 0.25) is 0 Å². The third-order valence-electron chi connectivity index (χ3n) is 1.87. The Hall–Kier alpha value is 1.24. The summed E-state index contributed by atoms with van der Waals surface area (Å²) in [5.41, 5.74) is 5.47. The average molecular weight is 228 g/mol. The van der Waals surface area contributed by atoms with E-state index in [0.717, 1.165) is 0 Å². The van der Waals surface area contributed by atoms with Crippen molar-refractivity contribution in [3.05, 3.63) is 0 Å². The molecule has 13 heavy (non-hydrogen) atoms. The number of hydrogen-bond acceptors (Lipinski definition) is 2. The zero-order chi connectivity index (χ0) is 9.40. The molecule has 0 aromatic carbocycles. The summed E-state index contributed by atoms with van der Waals surface area (Å²) < 4.78 is 0.596. The molecule has 0 aliphatic rings. The SMILES string of the molecule is CCCCCC(CC)SC(N)=S.[Na]. The van der Waals surface area contributed by atoms with Gasteiger partial charge in [-0.2, -0.15) is 0 Å². The second kappa shape index (κ2) is 11.3. The van der Waals surface area contributed by atoms with E-state index in [2.05, 4.69) is 13.8 Å². The van der Waals surface area contributed by atoms with Crippen LogP contribution in [-0.4, -0.2) is 39.1 Å². The van der Waals surface area contributed by atoms with E-state index in [0.29, 0.717) is 9.57 Å². The van der Waals surface area contributed by atoms with Crippen molar-refractivity contribution in [2.24, 2.45) is 5.73 Å². The molecule has 73 valence electrons. The zero-order valence-electron chi connectivity index (χ0n) is 9.01. The summed E-state index contributed by atoms with van der Waals surface area (Å²) in [5.74, 6) is 0.